The maximum Gasteiger partial charge on any atom is 0.0635 e. The molecule has 0 spiro atoms. The van der Waals surface area contributed by atoms with Crippen LogP contribution < -0.4 is 5.32 Å². The van der Waals surface area contributed by atoms with Crippen LogP contribution in [0.1, 0.15) is 64.5 Å². The fraction of sp³-hybridized carbons (Fsp3) is 0.812. The number of halogens is 1. The third-order valence-electron chi connectivity index (χ3n) is 4.34. The summed E-state index contributed by atoms with van der Waals surface area (Å²) in [5.74, 6) is 1.33. The van der Waals surface area contributed by atoms with E-state index in [1.54, 1.807) is 0 Å². The van der Waals surface area contributed by atoms with Crippen LogP contribution in [0.3, 0.4) is 0 Å². The van der Waals surface area contributed by atoms with Gasteiger partial charge >= 0.3 is 0 Å². The van der Waals surface area contributed by atoms with Gasteiger partial charge in [-0.25, -0.2) is 0 Å². The average Bonchev–Trinajstić information content (AvgIpc) is 2.58. The normalized spacial score (nSPS) is 24.6. The van der Waals surface area contributed by atoms with Crippen molar-refractivity contribution in [1.29, 1.82) is 0 Å². The first kappa shape index (κ1) is 16.0. The summed E-state index contributed by atoms with van der Waals surface area (Å²) < 4.78 is 3.23. The van der Waals surface area contributed by atoms with Crippen LogP contribution in [0.4, 0.5) is 0 Å². The van der Waals surface area contributed by atoms with E-state index in [1.807, 2.05) is 6.20 Å². The summed E-state index contributed by atoms with van der Waals surface area (Å²) >= 11 is 3.69. The lowest BCUT2D eigenvalue weighted by molar-refractivity contribution is 0.314. The molecule has 0 radical (unpaired) electrons. The summed E-state index contributed by atoms with van der Waals surface area (Å²) in [6, 6.07) is 0. The lowest BCUT2D eigenvalue weighted by Crippen LogP contribution is -2.40. The lowest BCUT2D eigenvalue weighted by atomic mass is 9.84. The van der Waals surface area contributed by atoms with E-state index < -0.39 is 0 Å². The van der Waals surface area contributed by atoms with E-state index in [-0.39, 0.29) is 5.54 Å². The Hall–Kier alpha value is -0.350. The Kier molecular flexibility index (Phi) is 5.30. The average molecular weight is 342 g/mol. The molecule has 20 heavy (non-hydrogen) atoms. The van der Waals surface area contributed by atoms with Gasteiger partial charge < -0.3 is 5.32 Å². The zero-order valence-corrected chi connectivity index (χ0v) is 14.8. The largest absolute Gasteiger partial charge is 0.312 e. The van der Waals surface area contributed by atoms with Gasteiger partial charge in [-0.15, -0.1) is 0 Å². The second-order valence-electron chi connectivity index (χ2n) is 7.14. The third-order valence-corrected chi connectivity index (χ3v) is 4.95. The smallest absolute Gasteiger partial charge is 0.0635 e. The van der Waals surface area contributed by atoms with Gasteiger partial charge in [0.05, 0.1) is 16.4 Å². The monoisotopic (exact) mass is 341 g/mol. The number of aromatic nitrogens is 2. The highest BCUT2D eigenvalue weighted by Gasteiger charge is 2.29. The molecule has 3 nitrogen and oxygen atoms in total. The first-order valence-electron chi connectivity index (χ1n) is 7.81. The number of aryl methyl sites for hydroxylation is 1. The Balaban J connectivity index is 2.17. The second-order valence-corrected chi connectivity index (χ2v) is 7.99. The Morgan fingerprint density at radius 1 is 1.30 bits per heavy atom. The van der Waals surface area contributed by atoms with Crippen LogP contribution in [0.5, 0.6) is 0 Å². The third kappa shape index (κ3) is 4.08. The minimum absolute atomic E-state index is 0.195. The Morgan fingerprint density at radius 3 is 2.60 bits per heavy atom. The van der Waals surface area contributed by atoms with Gasteiger partial charge in [-0.2, -0.15) is 5.10 Å². The highest BCUT2D eigenvalue weighted by molar-refractivity contribution is 9.10. The summed E-state index contributed by atoms with van der Waals surface area (Å²) in [6.45, 7) is 7.85. The van der Waals surface area contributed by atoms with E-state index in [9.17, 15) is 0 Å². The molecule has 2 atom stereocenters. The van der Waals surface area contributed by atoms with Crippen LogP contribution in [-0.4, -0.2) is 21.9 Å². The molecule has 0 aromatic carbocycles. The molecule has 1 saturated carbocycles. The van der Waals surface area contributed by atoms with Crippen LogP contribution in [-0.2, 0) is 7.05 Å². The molecule has 0 saturated heterocycles. The van der Waals surface area contributed by atoms with Crippen LogP contribution in [0.2, 0.25) is 0 Å². The predicted octanol–water partition coefficient (Wildman–Crippen LogP) is 4.23. The van der Waals surface area contributed by atoms with Crippen molar-refractivity contribution < 1.29 is 0 Å². The molecule has 1 heterocycles. The van der Waals surface area contributed by atoms with E-state index in [1.165, 1.54) is 42.3 Å². The molecule has 1 aromatic heterocycles. The van der Waals surface area contributed by atoms with Gasteiger partial charge in [0, 0.05) is 18.5 Å². The van der Waals surface area contributed by atoms with Crippen molar-refractivity contribution in [3.05, 3.63) is 16.4 Å². The van der Waals surface area contributed by atoms with Crippen molar-refractivity contribution in [3.63, 3.8) is 0 Å². The molecule has 2 rings (SSSR count). The molecule has 1 aliphatic carbocycles. The first-order chi connectivity index (χ1) is 9.38. The molecule has 1 aliphatic rings. The van der Waals surface area contributed by atoms with Crippen LogP contribution in [0.25, 0.3) is 0 Å². The van der Waals surface area contributed by atoms with E-state index in [2.05, 4.69) is 58.8 Å². The van der Waals surface area contributed by atoms with E-state index in [4.69, 9.17) is 0 Å². The SMILES string of the molecule is Cn1ncc(Br)c1C1CCCCCC1CNC(C)(C)C. The molecule has 0 aliphatic heterocycles. The molecule has 0 bridgehead atoms. The molecule has 4 heteroatoms. The highest BCUT2D eigenvalue weighted by Crippen LogP contribution is 2.39. The minimum Gasteiger partial charge on any atom is -0.312 e. The van der Waals surface area contributed by atoms with Crippen molar-refractivity contribution in [1.82, 2.24) is 15.1 Å². The van der Waals surface area contributed by atoms with Gasteiger partial charge in [0.25, 0.3) is 0 Å². The Labute approximate surface area is 131 Å². The molecule has 1 fully saturated rings. The van der Waals surface area contributed by atoms with Crippen molar-refractivity contribution >= 4 is 15.9 Å². The lowest BCUT2D eigenvalue weighted by Gasteiger charge is -2.30. The number of nitrogens with zero attached hydrogens (tertiary/aromatic N) is 2. The van der Waals surface area contributed by atoms with Crippen LogP contribution in [0.15, 0.2) is 10.7 Å². The summed E-state index contributed by atoms with van der Waals surface area (Å²) in [4.78, 5) is 0. The summed E-state index contributed by atoms with van der Waals surface area (Å²) in [6.07, 6.45) is 8.63. The zero-order valence-electron chi connectivity index (χ0n) is 13.2. The molecular formula is C16H28BrN3. The van der Waals surface area contributed by atoms with Gasteiger partial charge in [0.1, 0.15) is 0 Å². The standard InChI is InChI=1S/C16H28BrN3/c1-16(2,3)18-10-12-8-6-5-7-9-13(12)15-14(17)11-19-20(15)4/h11-13,18H,5-10H2,1-4H3. The number of nitrogens with one attached hydrogen (secondary N) is 1. The summed E-state index contributed by atoms with van der Waals surface area (Å²) in [5, 5.41) is 8.12. The maximum atomic E-state index is 4.41. The quantitative estimate of drug-likeness (QED) is 0.833. The maximum absolute atomic E-state index is 4.41. The fourth-order valence-electron chi connectivity index (χ4n) is 3.26. The molecule has 114 valence electrons. The minimum atomic E-state index is 0.195. The summed E-state index contributed by atoms with van der Waals surface area (Å²) in [5.41, 5.74) is 1.58. The van der Waals surface area contributed by atoms with E-state index in [0.29, 0.717) is 11.8 Å². The van der Waals surface area contributed by atoms with E-state index >= 15 is 0 Å². The van der Waals surface area contributed by atoms with Gasteiger partial charge in [-0.05, 0) is 62.0 Å². The van der Waals surface area contributed by atoms with Gasteiger partial charge in [-0.1, -0.05) is 19.3 Å². The molecule has 1 N–H and O–H groups in total. The topological polar surface area (TPSA) is 29.9 Å². The van der Waals surface area contributed by atoms with Crippen molar-refractivity contribution in [2.75, 3.05) is 6.54 Å². The van der Waals surface area contributed by atoms with Crippen molar-refractivity contribution in [2.24, 2.45) is 13.0 Å². The van der Waals surface area contributed by atoms with Gasteiger partial charge in [0.15, 0.2) is 0 Å². The Bertz CT molecular complexity index is 414. The predicted molar refractivity (Wildman–Crippen MR) is 88.0 cm³/mol. The zero-order chi connectivity index (χ0) is 14.8. The van der Waals surface area contributed by atoms with Gasteiger partial charge in [-0.3, -0.25) is 4.68 Å². The molecular weight excluding hydrogens is 314 g/mol. The number of hydrogen-bond acceptors (Lipinski definition) is 2. The van der Waals surface area contributed by atoms with Crippen molar-refractivity contribution in [2.45, 2.75) is 64.3 Å². The molecule has 2 unspecified atom stereocenters. The van der Waals surface area contributed by atoms with Crippen LogP contribution >= 0.6 is 15.9 Å². The molecule has 0 amide bonds. The second kappa shape index (κ2) is 6.61. The Morgan fingerprint density at radius 2 is 2.00 bits per heavy atom. The van der Waals surface area contributed by atoms with Gasteiger partial charge in [0.2, 0.25) is 0 Å². The summed E-state index contributed by atoms with van der Waals surface area (Å²) in [7, 11) is 2.07. The number of hydrogen-bond donors (Lipinski definition) is 1. The highest BCUT2D eigenvalue weighted by atomic mass is 79.9. The van der Waals surface area contributed by atoms with Crippen LogP contribution in [0, 0.1) is 5.92 Å². The van der Waals surface area contributed by atoms with E-state index in [0.717, 1.165) is 6.54 Å². The molecule has 1 aromatic rings. The first-order valence-corrected chi connectivity index (χ1v) is 8.60. The number of rotatable bonds is 3. The van der Waals surface area contributed by atoms with Crippen molar-refractivity contribution in [3.8, 4) is 0 Å². The fourth-order valence-corrected chi connectivity index (χ4v) is 3.91.